The maximum absolute atomic E-state index is 13.9. The van der Waals surface area contributed by atoms with Crippen LogP contribution in [0.25, 0.3) is 0 Å². The van der Waals surface area contributed by atoms with Crippen LogP contribution in [0, 0.1) is 23.6 Å². The lowest BCUT2D eigenvalue weighted by Gasteiger charge is -2.39. The number of carbonyl (C=O) groups excluding carboxylic acids is 1. The summed E-state index contributed by atoms with van der Waals surface area (Å²) in [5.41, 5.74) is 3.91. The van der Waals surface area contributed by atoms with E-state index >= 15 is 0 Å². The fourth-order valence-corrected chi connectivity index (χ4v) is 5.22. The number of dihydropyridines is 1. The van der Waals surface area contributed by atoms with Gasteiger partial charge in [-0.3, -0.25) is 4.79 Å². The first-order valence-corrected chi connectivity index (χ1v) is 9.57. The molecule has 0 radical (unpaired) electrons. The van der Waals surface area contributed by atoms with E-state index in [1.165, 1.54) is 16.7 Å². The lowest BCUT2D eigenvalue weighted by Crippen LogP contribution is -2.38. The Morgan fingerprint density at radius 2 is 2.12 bits per heavy atom. The molecule has 4 heteroatoms. The molecule has 1 aromatic rings. The molecule has 1 N–H and O–H groups in total. The highest BCUT2D eigenvalue weighted by Crippen LogP contribution is 2.52. The van der Waals surface area contributed by atoms with Gasteiger partial charge in [-0.25, -0.2) is 4.39 Å². The molecule has 0 saturated heterocycles. The quantitative estimate of drug-likeness (QED) is 0.755. The molecule has 1 aromatic carbocycles. The third kappa shape index (κ3) is 2.53. The topological polar surface area (TPSA) is 29.1 Å². The van der Waals surface area contributed by atoms with Gasteiger partial charge in [0.15, 0.2) is 5.78 Å². The molecular weight excluding hydrogens is 333 g/mol. The van der Waals surface area contributed by atoms with Crippen LogP contribution in [0.1, 0.15) is 50.2 Å². The van der Waals surface area contributed by atoms with Crippen molar-refractivity contribution in [3.8, 4) is 12.3 Å². The number of nitrogens with one attached hydrogen (secondary N) is 1. The Labute approximate surface area is 152 Å². The number of allylic oxidation sites excluding steroid dienone is 4. The number of terminal acetylenes is 1. The van der Waals surface area contributed by atoms with Gasteiger partial charge >= 0.3 is 0 Å². The number of ketones is 1. The van der Waals surface area contributed by atoms with E-state index in [1.807, 2.05) is 13.8 Å². The molecule has 1 atom stereocenters. The Morgan fingerprint density at radius 3 is 2.88 bits per heavy atom. The lowest BCUT2D eigenvalue weighted by atomic mass is 9.69. The van der Waals surface area contributed by atoms with Crippen molar-refractivity contribution in [2.75, 3.05) is 5.75 Å². The molecule has 2 aliphatic heterocycles. The molecule has 0 fully saturated rings. The summed E-state index contributed by atoms with van der Waals surface area (Å²) in [6, 6.07) is 4.93. The summed E-state index contributed by atoms with van der Waals surface area (Å²) < 4.78 is 13.9. The normalized spacial score (nSPS) is 24.6. The Balaban J connectivity index is 1.90. The number of Topliss-reactive ketones (excluding diaryl/α,β-unsaturated/α-hetero) is 1. The molecule has 2 heterocycles. The maximum Gasteiger partial charge on any atom is 0.167 e. The fourth-order valence-electron chi connectivity index (χ4n) is 3.94. The molecule has 0 spiro atoms. The highest BCUT2D eigenvalue weighted by atomic mass is 32.2. The van der Waals surface area contributed by atoms with Crippen molar-refractivity contribution in [3.63, 3.8) is 0 Å². The summed E-state index contributed by atoms with van der Waals surface area (Å²) in [7, 11) is 0. The van der Waals surface area contributed by atoms with Crippen LogP contribution in [0.2, 0.25) is 0 Å². The molecule has 1 unspecified atom stereocenters. The number of hydrogen-bond donors (Lipinski definition) is 1. The Kier molecular flexibility index (Phi) is 3.81. The Bertz CT molecular complexity index is 888. The molecule has 2 nitrogen and oxygen atoms in total. The predicted octanol–water partition coefficient (Wildman–Crippen LogP) is 4.49. The Hall–Kier alpha value is -1.99. The highest BCUT2D eigenvalue weighted by Gasteiger charge is 2.44. The largest absolute Gasteiger partial charge is 0.361 e. The molecule has 0 saturated carbocycles. The van der Waals surface area contributed by atoms with E-state index < -0.39 is 5.82 Å². The first kappa shape index (κ1) is 16.5. The Morgan fingerprint density at radius 1 is 1.32 bits per heavy atom. The molecule has 4 rings (SSSR count). The van der Waals surface area contributed by atoms with Gasteiger partial charge in [-0.2, -0.15) is 0 Å². The van der Waals surface area contributed by atoms with Gasteiger partial charge in [0.05, 0.1) is 5.56 Å². The zero-order chi connectivity index (χ0) is 17.8. The van der Waals surface area contributed by atoms with Gasteiger partial charge in [-0.15, -0.1) is 18.2 Å². The van der Waals surface area contributed by atoms with Crippen LogP contribution < -0.4 is 5.32 Å². The van der Waals surface area contributed by atoms with Crippen LogP contribution in [-0.4, -0.2) is 11.5 Å². The van der Waals surface area contributed by atoms with Gasteiger partial charge in [0.2, 0.25) is 0 Å². The third-order valence-corrected chi connectivity index (χ3v) is 6.62. The van der Waals surface area contributed by atoms with Gasteiger partial charge in [0.25, 0.3) is 0 Å². The first-order chi connectivity index (χ1) is 11.9. The number of rotatable bonds is 1. The predicted molar refractivity (Wildman–Crippen MR) is 99.4 cm³/mol. The summed E-state index contributed by atoms with van der Waals surface area (Å²) in [6.45, 7) is 4.03. The summed E-state index contributed by atoms with van der Waals surface area (Å²) in [5, 5.41) is 3.53. The molecule has 0 aromatic heterocycles. The van der Waals surface area contributed by atoms with Crippen LogP contribution in [0.4, 0.5) is 4.39 Å². The number of thioether (sulfide) groups is 1. The maximum atomic E-state index is 13.9. The molecule has 0 amide bonds. The summed E-state index contributed by atoms with van der Waals surface area (Å²) in [6.07, 6.45) is 8.16. The van der Waals surface area contributed by atoms with Gasteiger partial charge < -0.3 is 5.32 Å². The molecule has 3 aliphatic rings. The molecule has 1 aliphatic carbocycles. The standard InChI is InChI=1S/C21H20FNOS/c1-4-12-11-13(5-6-14(12)22)17-18-15(7-9-21(2,3)20(18)24)23-16-8-10-25-19(16)17/h1,5-6,11,17,23H,7-10H2,2-3H3. The number of hydrogen-bond acceptors (Lipinski definition) is 3. The monoisotopic (exact) mass is 353 g/mol. The average molecular weight is 353 g/mol. The zero-order valence-electron chi connectivity index (χ0n) is 14.4. The van der Waals surface area contributed by atoms with Crippen LogP contribution in [0.5, 0.6) is 0 Å². The average Bonchev–Trinajstić information content (AvgIpc) is 3.05. The number of halogens is 1. The number of benzene rings is 1. The second kappa shape index (κ2) is 5.78. The van der Waals surface area contributed by atoms with Crippen molar-refractivity contribution in [1.29, 1.82) is 0 Å². The van der Waals surface area contributed by atoms with Gasteiger partial charge in [-0.05, 0) is 37.0 Å². The summed E-state index contributed by atoms with van der Waals surface area (Å²) >= 11 is 1.79. The fraction of sp³-hybridized carbons (Fsp3) is 0.381. The summed E-state index contributed by atoms with van der Waals surface area (Å²) in [4.78, 5) is 14.4. The van der Waals surface area contributed by atoms with Crippen molar-refractivity contribution in [2.45, 2.75) is 39.0 Å². The van der Waals surface area contributed by atoms with Gasteiger partial charge in [0, 0.05) is 39.0 Å². The minimum Gasteiger partial charge on any atom is -0.361 e. The van der Waals surface area contributed by atoms with E-state index in [9.17, 15) is 9.18 Å². The second-order valence-corrected chi connectivity index (χ2v) is 8.62. The minimum absolute atomic E-state index is 0.126. The summed E-state index contributed by atoms with van der Waals surface area (Å²) in [5.74, 6) is 3.10. The van der Waals surface area contributed by atoms with Crippen molar-refractivity contribution in [2.24, 2.45) is 5.41 Å². The van der Waals surface area contributed by atoms with Crippen molar-refractivity contribution in [1.82, 2.24) is 5.32 Å². The van der Waals surface area contributed by atoms with E-state index in [0.717, 1.165) is 41.8 Å². The van der Waals surface area contributed by atoms with Crippen molar-refractivity contribution < 1.29 is 9.18 Å². The van der Waals surface area contributed by atoms with Crippen molar-refractivity contribution in [3.05, 3.63) is 57.0 Å². The van der Waals surface area contributed by atoms with Gasteiger partial charge in [-0.1, -0.05) is 25.8 Å². The van der Waals surface area contributed by atoms with E-state index in [2.05, 4.69) is 11.2 Å². The van der Waals surface area contributed by atoms with E-state index in [-0.39, 0.29) is 22.7 Å². The van der Waals surface area contributed by atoms with E-state index in [0.29, 0.717) is 0 Å². The van der Waals surface area contributed by atoms with Crippen LogP contribution in [0.15, 0.2) is 40.1 Å². The van der Waals surface area contributed by atoms with Crippen LogP contribution >= 0.6 is 11.8 Å². The molecule has 25 heavy (non-hydrogen) atoms. The SMILES string of the molecule is C#Cc1cc(C2C3=C(CCS3)NC3=C2C(=O)C(C)(C)CC3)ccc1F. The van der Waals surface area contributed by atoms with Gasteiger partial charge in [0.1, 0.15) is 5.82 Å². The van der Waals surface area contributed by atoms with E-state index in [4.69, 9.17) is 6.42 Å². The smallest absolute Gasteiger partial charge is 0.167 e. The first-order valence-electron chi connectivity index (χ1n) is 8.59. The second-order valence-electron chi connectivity index (χ2n) is 7.49. The third-order valence-electron chi connectivity index (χ3n) is 5.42. The van der Waals surface area contributed by atoms with Crippen molar-refractivity contribution >= 4 is 17.5 Å². The molecule has 0 bridgehead atoms. The highest BCUT2D eigenvalue weighted by molar-refractivity contribution is 8.03. The lowest BCUT2D eigenvalue weighted by molar-refractivity contribution is -0.124. The van der Waals surface area contributed by atoms with E-state index in [1.54, 1.807) is 23.9 Å². The number of carbonyl (C=O) groups is 1. The molecular formula is C21H20FNOS. The zero-order valence-corrected chi connectivity index (χ0v) is 15.2. The molecule has 128 valence electrons. The van der Waals surface area contributed by atoms with Crippen LogP contribution in [0.3, 0.4) is 0 Å². The van der Waals surface area contributed by atoms with Crippen LogP contribution in [-0.2, 0) is 4.79 Å². The minimum atomic E-state index is -0.391.